The number of aliphatic hydroxyl groups is 1. The zero-order valence-corrected chi connectivity index (χ0v) is 19.0. The molecule has 2 aromatic carbocycles. The lowest BCUT2D eigenvalue weighted by molar-refractivity contribution is -0.00617. The van der Waals surface area contributed by atoms with Crippen LogP contribution in [0, 0.1) is 17.8 Å². The number of methoxy groups -OCH3 is 1. The molecule has 0 aliphatic heterocycles. The standard InChI is InChI=1S/C27H31NO5/c1-32-24-7-4-21(13-23(24)27-14-17-10-18(15-27)12-19(11-17)16-27)25(30)28-22-5-2-20(3-6-22)26(31)33-9-8-29/h2-7,13,17-19,29H,8-12,14-16H2,1H3,(H,28,30). The van der Waals surface area contributed by atoms with Crippen molar-refractivity contribution in [1.82, 2.24) is 0 Å². The first-order valence-electron chi connectivity index (χ1n) is 11.9. The summed E-state index contributed by atoms with van der Waals surface area (Å²) in [5.41, 5.74) is 2.92. The number of aliphatic hydroxyl groups excluding tert-OH is 1. The van der Waals surface area contributed by atoms with Crippen LogP contribution < -0.4 is 10.1 Å². The van der Waals surface area contributed by atoms with Crippen LogP contribution in [0.3, 0.4) is 0 Å². The van der Waals surface area contributed by atoms with Gasteiger partial charge in [0.25, 0.3) is 5.91 Å². The van der Waals surface area contributed by atoms with Gasteiger partial charge in [0.05, 0.1) is 19.3 Å². The summed E-state index contributed by atoms with van der Waals surface area (Å²) in [6.07, 6.45) is 7.71. The van der Waals surface area contributed by atoms with Crippen LogP contribution in [-0.4, -0.2) is 37.3 Å². The lowest BCUT2D eigenvalue weighted by Gasteiger charge is -2.57. The zero-order chi connectivity index (χ0) is 23.0. The van der Waals surface area contributed by atoms with Crippen molar-refractivity contribution in [3.63, 3.8) is 0 Å². The van der Waals surface area contributed by atoms with Gasteiger partial charge in [0.1, 0.15) is 12.4 Å². The van der Waals surface area contributed by atoms with Gasteiger partial charge >= 0.3 is 5.97 Å². The molecule has 6 heteroatoms. The Labute approximate surface area is 194 Å². The van der Waals surface area contributed by atoms with Crippen molar-refractivity contribution in [3.8, 4) is 5.75 Å². The maximum absolute atomic E-state index is 13.1. The van der Waals surface area contributed by atoms with E-state index in [0.717, 1.165) is 23.5 Å². The largest absolute Gasteiger partial charge is 0.496 e. The van der Waals surface area contributed by atoms with Crippen LogP contribution in [0.5, 0.6) is 5.75 Å². The Morgan fingerprint density at radius 3 is 2.15 bits per heavy atom. The van der Waals surface area contributed by atoms with Gasteiger partial charge in [-0.05, 0) is 104 Å². The predicted octanol–water partition coefficient (Wildman–Crippen LogP) is 4.56. The van der Waals surface area contributed by atoms with Crippen LogP contribution in [0.25, 0.3) is 0 Å². The van der Waals surface area contributed by atoms with Crippen LogP contribution in [-0.2, 0) is 10.2 Å². The van der Waals surface area contributed by atoms with E-state index in [0.29, 0.717) is 16.8 Å². The van der Waals surface area contributed by atoms with E-state index in [2.05, 4.69) is 5.32 Å². The van der Waals surface area contributed by atoms with Crippen LogP contribution in [0.15, 0.2) is 42.5 Å². The second-order valence-corrected chi connectivity index (χ2v) is 10.0. The molecule has 174 valence electrons. The molecule has 0 atom stereocenters. The highest BCUT2D eigenvalue weighted by molar-refractivity contribution is 6.04. The molecule has 0 aromatic heterocycles. The van der Waals surface area contributed by atoms with Gasteiger partial charge in [-0.25, -0.2) is 4.79 Å². The summed E-state index contributed by atoms with van der Waals surface area (Å²) < 4.78 is 10.7. The number of carbonyl (C=O) groups is 2. The molecule has 33 heavy (non-hydrogen) atoms. The quantitative estimate of drug-likeness (QED) is 0.605. The van der Waals surface area contributed by atoms with Gasteiger partial charge in [-0.2, -0.15) is 0 Å². The Bertz CT molecular complexity index is 1010. The van der Waals surface area contributed by atoms with E-state index in [1.54, 1.807) is 31.4 Å². The maximum atomic E-state index is 13.1. The molecule has 0 saturated heterocycles. The minimum Gasteiger partial charge on any atom is -0.496 e. The van der Waals surface area contributed by atoms with Crippen molar-refractivity contribution in [1.29, 1.82) is 0 Å². The summed E-state index contributed by atoms with van der Waals surface area (Å²) in [5, 5.41) is 11.7. The fourth-order valence-electron chi connectivity index (χ4n) is 6.82. The number of benzene rings is 2. The first-order valence-corrected chi connectivity index (χ1v) is 11.9. The molecule has 4 aliphatic rings. The number of anilines is 1. The molecule has 4 fully saturated rings. The van der Waals surface area contributed by atoms with Crippen molar-refractivity contribution in [2.75, 3.05) is 25.6 Å². The average molecular weight is 450 g/mol. The van der Waals surface area contributed by atoms with Gasteiger partial charge in [-0.1, -0.05) is 0 Å². The fraction of sp³-hybridized carbons (Fsp3) is 0.481. The summed E-state index contributed by atoms with van der Waals surface area (Å²) in [7, 11) is 1.71. The molecule has 6 rings (SSSR count). The molecule has 0 radical (unpaired) electrons. The third kappa shape index (κ3) is 4.24. The summed E-state index contributed by atoms with van der Waals surface area (Å²) >= 11 is 0. The second kappa shape index (κ2) is 8.82. The average Bonchev–Trinajstić information content (AvgIpc) is 2.81. The maximum Gasteiger partial charge on any atom is 0.338 e. The summed E-state index contributed by atoms with van der Waals surface area (Å²) in [5.74, 6) is 2.62. The lowest BCUT2D eigenvalue weighted by atomic mass is 9.48. The number of esters is 1. The molecule has 2 N–H and O–H groups in total. The summed E-state index contributed by atoms with van der Waals surface area (Å²) in [6, 6.07) is 12.4. The van der Waals surface area contributed by atoms with E-state index in [1.165, 1.54) is 44.1 Å². The number of rotatable bonds is 7. The Kier molecular flexibility index (Phi) is 5.87. The molecular weight excluding hydrogens is 418 g/mol. The molecule has 0 spiro atoms. The number of carbonyl (C=O) groups excluding carboxylic acids is 2. The van der Waals surface area contributed by atoms with Crippen LogP contribution >= 0.6 is 0 Å². The van der Waals surface area contributed by atoms with Crippen molar-refractivity contribution < 1.29 is 24.2 Å². The van der Waals surface area contributed by atoms with E-state index in [-0.39, 0.29) is 24.5 Å². The first kappa shape index (κ1) is 22.0. The van der Waals surface area contributed by atoms with Crippen molar-refractivity contribution in [2.45, 2.75) is 43.9 Å². The van der Waals surface area contributed by atoms with E-state index < -0.39 is 5.97 Å². The number of hydrogen-bond donors (Lipinski definition) is 2. The van der Waals surface area contributed by atoms with E-state index in [4.69, 9.17) is 14.6 Å². The number of amides is 1. The smallest absolute Gasteiger partial charge is 0.338 e. The zero-order valence-electron chi connectivity index (χ0n) is 19.0. The lowest BCUT2D eigenvalue weighted by Crippen LogP contribution is -2.48. The Hall–Kier alpha value is -2.86. The van der Waals surface area contributed by atoms with E-state index >= 15 is 0 Å². The topological polar surface area (TPSA) is 84.9 Å². The van der Waals surface area contributed by atoms with Gasteiger partial charge in [-0.3, -0.25) is 4.79 Å². The Morgan fingerprint density at radius 1 is 0.970 bits per heavy atom. The highest BCUT2D eigenvalue weighted by Crippen LogP contribution is 2.61. The molecule has 2 aromatic rings. The molecule has 6 nitrogen and oxygen atoms in total. The minimum atomic E-state index is -0.503. The van der Waals surface area contributed by atoms with Crippen LogP contribution in [0.1, 0.15) is 64.8 Å². The molecule has 0 heterocycles. The third-order valence-corrected chi connectivity index (χ3v) is 7.77. The highest BCUT2D eigenvalue weighted by atomic mass is 16.5. The SMILES string of the molecule is COc1ccc(C(=O)Nc2ccc(C(=O)OCCO)cc2)cc1C12CC3CC(CC(C3)C1)C2. The number of ether oxygens (including phenoxy) is 2. The molecular formula is C27H31NO5. The minimum absolute atomic E-state index is 0.0408. The normalized spacial score (nSPS) is 27.3. The number of nitrogens with one attached hydrogen (secondary N) is 1. The van der Waals surface area contributed by atoms with Crippen molar-refractivity contribution >= 4 is 17.6 Å². The Balaban J connectivity index is 1.35. The second-order valence-electron chi connectivity index (χ2n) is 10.0. The van der Waals surface area contributed by atoms with Crippen LogP contribution in [0.4, 0.5) is 5.69 Å². The molecule has 4 aliphatic carbocycles. The summed E-state index contributed by atoms with van der Waals surface area (Å²) in [4.78, 5) is 25.0. The number of hydrogen-bond acceptors (Lipinski definition) is 5. The first-order chi connectivity index (χ1) is 16.0. The van der Waals surface area contributed by atoms with Crippen molar-refractivity contribution in [2.24, 2.45) is 17.8 Å². The van der Waals surface area contributed by atoms with E-state index in [1.807, 2.05) is 18.2 Å². The molecule has 4 saturated carbocycles. The Morgan fingerprint density at radius 2 is 1.58 bits per heavy atom. The van der Waals surface area contributed by atoms with Gasteiger partial charge in [-0.15, -0.1) is 0 Å². The molecule has 1 amide bonds. The third-order valence-electron chi connectivity index (χ3n) is 7.77. The van der Waals surface area contributed by atoms with Crippen molar-refractivity contribution in [3.05, 3.63) is 59.2 Å². The van der Waals surface area contributed by atoms with Gasteiger partial charge in [0.15, 0.2) is 0 Å². The highest BCUT2D eigenvalue weighted by Gasteiger charge is 2.52. The molecule has 0 unspecified atom stereocenters. The van der Waals surface area contributed by atoms with E-state index in [9.17, 15) is 9.59 Å². The van der Waals surface area contributed by atoms with Gasteiger partial charge < -0.3 is 19.9 Å². The van der Waals surface area contributed by atoms with Gasteiger partial charge in [0, 0.05) is 16.8 Å². The predicted molar refractivity (Wildman–Crippen MR) is 125 cm³/mol. The monoisotopic (exact) mass is 449 g/mol. The van der Waals surface area contributed by atoms with Crippen LogP contribution in [0.2, 0.25) is 0 Å². The molecule has 4 bridgehead atoms. The summed E-state index contributed by atoms with van der Waals surface area (Å²) in [6.45, 7) is -0.256. The van der Waals surface area contributed by atoms with Gasteiger partial charge in [0.2, 0.25) is 0 Å². The fourth-order valence-corrected chi connectivity index (χ4v) is 6.82.